The SMILES string of the molecule is O=c1[nH]cnc2c1ncn2[C@@H]1O[C@H](CO)CC1OCc1ccccc1. The number of fused-ring (bicyclic) bond motifs is 1. The Morgan fingerprint density at radius 2 is 2.16 bits per heavy atom. The fourth-order valence-corrected chi connectivity index (χ4v) is 3.06. The van der Waals surface area contributed by atoms with Crippen LogP contribution in [0.2, 0.25) is 0 Å². The quantitative estimate of drug-likeness (QED) is 0.717. The first-order valence-corrected chi connectivity index (χ1v) is 8.08. The molecule has 0 amide bonds. The molecule has 0 saturated carbocycles. The zero-order chi connectivity index (χ0) is 17.2. The summed E-state index contributed by atoms with van der Waals surface area (Å²) >= 11 is 0. The lowest BCUT2D eigenvalue weighted by Crippen LogP contribution is -2.23. The predicted molar refractivity (Wildman–Crippen MR) is 88.8 cm³/mol. The lowest BCUT2D eigenvalue weighted by atomic mass is 10.2. The maximum Gasteiger partial charge on any atom is 0.278 e. The van der Waals surface area contributed by atoms with Crippen LogP contribution < -0.4 is 5.56 Å². The van der Waals surface area contributed by atoms with Gasteiger partial charge in [0.15, 0.2) is 17.4 Å². The van der Waals surface area contributed by atoms with Gasteiger partial charge >= 0.3 is 0 Å². The smallest absolute Gasteiger partial charge is 0.278 e. The van der Waals surface area contributed by atoms with Crippen LogP contribution >= 0.6 is 0 Å². The van der Waals surface area contributed by atoms with E-state index in [1.807, 2.05) is 30.3 Å². The van der Waals surface area contributed by atoms with Crippen LogP contribution in [-0.4, -0.2) is 43.4 Å². The molecule has 0 spiro atoms. The molecule has 8 heteroatoms. The second-order valence-electron chi connectivity index (χ2n) is 5.96. The molecular formula is C17H18N4O4. The van der Waals surface area contributed by atoms with E-state index in [-0.39, 0.29) is 29.9 Å². The summed E-state index contributed by atoms with van der Waals surface area (Å²) in [4.78, 5) is 22.7. The molecular weight excluding hydrogens is 324 g/mol. The summed E-state index contributed by atoms with van der Waals surface area (Å²) < 4.78 is 13.6. The van der Waals surface area contributed by atoms with Gasteiger partial charge in [0.25, 0.3) is 5.56 Å². The van der Waals surface area contributed by atoms with Crippen LogP contribution in [0.1, 0.15) is 18.2 Å². The van der Waals surface area contributed by atoms with Crippen molar-refractivity contribution in [1.29, 1.82) is 0 Å². The Bertz CT molecular complexity index is 908. The highest BCUT2D eigenvalue weighted by atomic mass is 16.6. The average molecular weight is 342 g/mol. The maximum absolute atomic E-state index is 11.8. The number of ether oxygens (including phenoxy) is 2. The molecule has 2 aromatic heterocycles. The maximum atomic E-state index is 11.8. The van der Waals surface area contributed by atoms with Crippen molar-refractivity contribution in [2.75, 3.05) is 6.61 Å². The Kier molecular flexibility index (Phi) is 4.31. The van der Waals surface area contributed by atoms with Crippen molar-refractivity contribution < 1.29 is 14.6 Å². The Hall–Kier alpha value is -2.55. The van der Waals surface area contributed by atoms with Crippen LogP contribution in [0.3, 0.4) is 0 Å². The molecule has 25 heavy (non-hydrogen) atoms. The average Bonchev–Trinajstić information content (AvgIpc) is 3.25. The second-order valence-corrected chi connectivity index (χ2v) is 5.96. The van der Waals surface area contributed by atoms with Crippen molar-refractivity contribution in [2.24, 2.45) is 0 Å². The van der Waals surface area contributed by atoms with Gasteiger partial charge in [0.2, 0.25) is 0 Å². The van der Waals surface area contributed by atoms with Crippen molar-refractivity contribution in [3.05, 3.63) is 58.9 Å². The molecule has 3 heterocycles. The van der Waals surface area contributed by atoms with Gasteiger partial charge in [-0.2, -0.15) is 0 Å². The highest BCUT2D eigenvalue weighted by Crippen LogP contribution is 2.33. The molecule has 4 rings (SSSR count). The first-order chi connectivity index (χ1) is 12.3. The van der Waals surface area contributed by atoms with Gasteiger partial charge in [0.05, 0.1) is 32.0 Å². The molecule has 2 N–H and O–H groups in total. The van der Waals surface area contributed by atoms with Crippen molar-refractivity contribution in [1.82, 2.24) is 19.5 Å². The number of H-pyrrole nitrogens is 1. The number of nitrogens with zero attached hydrogens (tertiary/aromatic N) is 3. The molecule has 130 valence electrons. The van der Waals surface area contributed by atoms with E-state index in [4.69, 9.17) is 9.47 Å². The Labute approximate surface area is 143 Å². The molecule has 1 fully saturated rings. The van der Waals surface area contributed by atoms with Crippen LogP contribution in [0, 0.1) is 0 Å². The summed E-state index contributed by atoms with van der Waals surface area (Å²) in [5.74, 6) is 0. The number of aromatic nitrogens is 4. The van der Waals surface area contributed by atoms with Crippen LogP contribution in [-0.2, 0) is 16.1 Å². The standard InChI is InChI=1S/C17H18N4O4/c22-7-12-6-13(24-8-11-4-2-1-3-5-11)17(25-12)21-10-20-14-15(21)18-9-19-16(14)23/h1-5,9-10,12-13,17,22H,6-8H2,(H,18,19,23)/t12-,13?,17+/m0/s1. The molecule has 0 bridgehead atoms. The number of hydrogen-bond acceptors (Lipinski definition) is 6. The molecule has 1 aliphatic rings. The summed E-state index contributed by atoms with van der Waals surface area (Å²) in [5.41, 5.74) is 1.43. The summed E-state index contributed by atoms with van der Waals surface area (Å²) in [6.45, 7) is 0.340. The van der Waals surface area contributed by atoms with E-state index in [0.717, 1.165) is 5.56 Å². The molecule has 3 aromatic rings. The van der Waals surface area contributed by atoms with E-state index in [2.05, 4.69) is 15.0 Å². The van der Waals surface area contributed by atoms with E-state index < -0.39 is 6.23 Å². The molecule has 1 aliphatic heterocycles. The number of nitrogens with one attached hydrogen (secondary N) is 1. The number of aliphatic hydroxyl groups is 1. The number of aliphatic hydroxyl groups excluding tert-OH is 1. The summed E-state index contributed by atoms with van der Waals surface area (Å²) in [5, 5.41) is 9.47. The first-order valence-electron chi connectivity index (χ1n) is 8.08. The van der Waals surface area contributed by atoms with Gasteiger partial charge in [-0.05, 0) is 5.56 Å². The largest absolute Gasteiger partial charge is 0.394 e. The first kappa shape index (κ1) is 15.9. The van der Waals surface area contributed by atoms with Crippen molar-refractivity contribution in [3.63, 3.8) is 0 Å². The minimum atomic E-state index is -0.500. The van der Waals surface area contributed by atoms with Crippen LogP contribution in [0.4, 0.5) is 0 Å². The fourth-order valence-electron chi connectivity index (χ4n) is 3.06. The summed E-state index contributed by atoms with van der Waals surface area (Å²) in [7, 11) is 0. The third-order valence-corrected chi connectivity index (χ3v) is 4.29. The molecule has 8 nitrogen and oxygen atoms in total. The number of aromatic amines is 1. The van der Waals surface area contributed by atoms with Gasteiger partial charge in [0, 0.05) is 6.42 Å². The minimum Gasteiger partial charge on any atom is -0.394 e. The number of rotatable bonds is 5. The highest BCUT2D eigenvalue weighted by Gasteiger charge is 2.38. The number of imidazole rings is 1. The highest BCUT2D eigenvalue weighted by molar-refractivity contribution is 5.68. The third kappa shape index (κ3) is 3.07. The molecule has 1 unspecified atom stereocenters. The summed E-state index contributed by atoms with van der Waals surface area (Å²) in [6.07, 6.45) is 2.30. The second kappa shape index (κ2) is 6.75. The van der Waals surface area contributed by atoms with E-state index in [1.54, 1.807) is 4.57 Å². The minimum absolute atomic E-state index is 0.0949. The zero-order valence-electron chi connectivity index (χ0n) is 13.4. The molecule has 0 aliphatic carbocycles. The normalized spacial score (nSPS) is 23.3. The molecule has 1 saturated heterocycles. The van der Waals surface area contributed by atoms with Crippen molar-refractivity contribution in [3.8, 4) is 0 Å². The fraction of sp³-hybridized carbons (Fsp3) is 0.353. The van der Waals surface area contributed by atoms with Crippen molar-refractivity contribution in [2.45, 2.75) is 31.5 Å². The van der Waals surface area contributed by atoms with E-state index in [9.17, 15) is 9.90 Å². The number of benzene rings is 1. The monoisotopic (exact) mass is 342 g/mol. The zero-order valence-corrected chi connectivity index (χ0v) is 13.4. The van der Waals surface area contributed by atoms with Gasteiger partial charge in [-0.15, -0.1) is 0 Å². The lowest BCUT2D eigenvalue weighted by molar-refractivity contribution is -0.0730. The molecule has 3 atom stereocenters. The Balaban J connectivity index is 1.61. The van der Waals surface area contributed by atoms with E-state index >= 15 is 0 Å². The molecule has 0 radical (unpaired) electrons. The van der Waals surface area contributed by atoms with E-state index in [0.29, 0.717) is 18.7 Å². The lowest BCUT2D eigenvalue weighted by Gasteiger charge is -2.20. The topological polar surface area (TPSA) is 102 Å². The molecule has 1 aromatic carbocycles. The predicted octanol–water partition coefficient (Wildman–Crippen LogP) is 0.985. The third-order valence-electron chi connectivity index (χ3n) is 4.29. The van der Waals surface area contributed by atoms with Crippen LogP contribution in [0.25, 0.3) is 11.2 Å². The van der Waals surface area contributed by atoms with Gasteiger partial charge in [-0.25, -0.2) is 9.97 Å². The van der Waals surface area contributed by atoms with Gasteiger partial charge in [0.1, 0.15) is 6.10 Å². The van der Waals surface area contributed by atoms with E-state index in [1.165, 1.54) is 12.7 Å². The van der Waals surface area contributed by atoms with Crippen molar-refractivity contribution >= 4 is 11.2 Å². The van der Waals surface area contributed by atoms with Gasteiger partial charge in [-0.3, -0.25) is 9.36 Å². The van der Waals surface area contributed by atoms with Crippen LogP contribution in [0.5, 0.6) is 0 Å². The van der Waals surface area contributed by atoms with Gasteiger partial charge in [-0.1, -0.05) is 30.3 Å². The van der Waals surface area contributed by atoms with Gasteiger partial charge < -0.3 is 19.6 Å². The van der Waals surface area contributed by atoms with Crippen LogP contribution in [0.15, 0.2) is 47.8 Å². The Morgan fingerprint density at radius 1 is 1.32 bits per heavy atom. The summed E-state index contributed by atoms with van der Waals surface area (Å²) in [6, 6.07) is 9.84. The Morgan fingerprint density at radius 3 is 2.96 bits per heavy atom. The number of hydrogen-bond donors (Lipinski definition) is 2.